The summed E-state index contributed by atoms with van der Waals surface area (Å²) in [5.41, 5.74) is 8.32. The minimum absolute atomic E-state index is 0.136. The van der Waals surface area contributed by atoms with E-state index in [-0.39, 0.29) is 5.41 Å². The smallest absolute Gasteiger partial charge is 0.193 e. The highest BCUT2D eigenvalue weighted by Gasteiger charge is 2.44. The minimum atomic E-state index is 0.136. The lowest BCUT2D eigenvalue weighted by molar-refractivity contribution is 0.417. The SMILES string of the molecule is COc1ccccc1NC(N)=NCC1(c2cccc(Br)c2)CC1. The highest BCUT2D eigenvalue weighted by molar-refractivity contribution is 9.10. The molecular weight excluding hydrogens is 354 g/mol. The Balaban J connectivity index is 1.70. The predicted molar refractivity (Wildman–Crippen MR) is 98.2 cm³/mol. The molecule has 0 spiro atoms. The molecule has 0 heterocycles. The minimum Gasteiger partial charge on any atom is -0.495 e. The van der Waals surface area contributed by atoms with Crippen molar-refractivity contribution in [3.8, 4) is 5.75 Å². The maximum absolute atomic E-state index is 6.05. The van der Waals surface area contributed by atoms with Gasteiger partial charge >= 0.3 is 0 Å². The summed E-state index contributed by atoms with van der Waals surface area (Å²) in [6, 6.07) is 16.1. The van der Waals surface area contributed by atoms with Gasteiger partial charge in [0, 0.05) is 9.89 Å². The van der Waals surface area contributed by atoms with Crippen LogP contribution >= 0.6 is 15.9 Å². The van der Waals surface area contributed by atoms with Crippen molar-refractivity contribution in [2.75, 3.05) is 19.0 Å². The first-order chi connectivity index (χ1) is 11.1. The third kappa shape index (κ3) is 3.67. The monoisotopic (exact) mass is 373 g/mol. The molecule has 0 saturated heterocycles. The van der Waals surface area contributed by atoms with Crippen molar-refractivity contribution in [1.82, 2.24) is 0 Å². The molecule has 120 valence electrons. The van der Waals surface area contributed by atoms with Gasteiger partial charge in [0.25, 0.3) is 0 Å². The Labute approximate surface area is 144 Å². The van der Waals surface area contributed by atoms with E-state index in [1.54, 1.807) is 7.11 Å². The number of guanidine groups is 1. The summed E-state index contributed by atoms with van der Waals surface area (Å²) < 4.78 is 6.41. The molecule has 23 heavy (non-hydrogen) atoms. The molecule has 0 atom stereocenters. The number of para-hydroxylation sites is 2. The second-order valence-electron chi connectivity index (χ2n) is 5.82. The Bertz CT molecular complexity index is 726. The first-order valence-electron chi connectivity index (χ1n) is 7.59. The maximum atomic E-state index is 6.05. The molecule has 3 rings (SSSR count). The molecule has 1 aliphatic rings. The highest BCUT2D eigenvalue weighted by atomic mass is 79.9. The molecule has 2 aromatic rings. The van der Waals surface area contributed by atoms with Gasteiger partial charge in [0.05, 0.1) is 19.3 Å². The third-order valence-corrected chi connectivity index (χ3v) is 4.71. The van der Waals surface area contributed by atoms with Crippen molar-refractivity contribution in [2.24, 2.45) is 10.7 Å². The van der Waals surface area contributed by atoms with Crippen molar-refractivity contribution >= 4 is 27.6 Å². The number of rotatable bonds is 5. The molecule has 1 aliphatic carbocycles. The lowest BCUT2D eigenvalue weighted by Crippen LogP contribution is -2.25. The van der Waals surface area contributed by atoms with Crippen molar-refractivity contribution < 1.29 is 4.74 Å². The van der Waals surface area contributed by atoms with Crippen molar-refractivity contribution in [1.29, 1.82) is 0 Å². The van der Waals surface area contributed by atoms with E-state index in [1.807, 2.05) is 30.3 Å². The number of nitrogens with zero attached hydrogens (tertiary/aromatic N) is 1. The van der Waals surface area contributed by atoms with Crippen LogP contribution in [0.15, 0.2) is 58.0 Å². The summed E-state index contributed by atoms with van der Waals surface area (Å²) >= 11 is 3.54. The largest absolute Gasteiger partial charge is 0.495 e. The van der Waals surface area contributed by atoms with Gasteiger partial charge in [0.1, 0.15) is 5.75 Å². The number of nitrogens with two attached hydrogens (primary N) is 1. The molecule has 0 unspecified atom stereocenters. The van der Waals surface area contributed by atoms with Crippen molar-refractivity contribution in [3.05, 3.63) is 58.6 Å². The van der Waals surface area contributed by atoms with Gasteiger partial charge in [0.2, 0.25) is 0 Å². The van der Waals surface area contributed by atoms with Crippen LogP contribution < -0.4 is 15.8 Å². The number of anilines is 1. The molecule has 1 fully saturated rings. The van der Waals surface area contributed by atoms with E-state index in [1.165, 1.54) is 5.56 Å². The van der Waals surface area contributed by atoms with E-state index in [0.717, 1.165) is 28.8 Å². The predicted octanol–water partition coefficient (Wildman–Crippen LogP) is 3.92. The first-order valence-corrected chi connectivity index (χ1v) is 8.38. The van der Waals surface area contributed by atoms with Gasteiger partial charge in [-0.15, -0.1) is 0 Å². The standard InChI is InChI=1S/C18H20BrN3O/c1-23-16-8-3-2-7-15(16)22-17(20)21-12-18(9-10-18)13-5-4-6-14(19)11-13/h2-8,11H,9-10,12H2,1H3,(H3,20,21,22). The second kappa shape index (κ2) is 6.62. The molecule has 0 aromatic heterocycles. The van der Waals surface area contributed by atoms with Crippen LogP contribution in [0.3, 0.4) is 0 Å². The molecule has 3 N–H and O–H groups in total. The number of aliphatic imine (C=N–C) groups is 1. The topological polar surface area (TPSA) is 59.6 Å². The van der Waals surface area contributed by atoms with E-state index in [0.29, 0.717) is 12.5 Å². The van der Waals surface area contributed by atoms with Gasteiger partial charge in [-0.1, -0.05) is 40.2 Å². The van der Waals surface area contributed by atoms with Gasteiger partial charge in [-0.05, 0) is 42.7 Å². The van der Waals surface area contributed by atoms with Crippen LogP contribution in [0, 0.1) is 0 Å². The zero-order valence-electron chi connectivity index (χ0n) is 13.1. The van der Waals surface area contributed by atoms with Gasteiger partial charge in [-0.25, -0.2) is 0 Å². The van der Waals surface area contributed by atoms with Crippen molar-refractivity contribution in [2.45, 2.75) is 18.3 Å². The Morgan fingerprint density at radius 1 is 1.26 bits per heavy atom. The van der Waals surface area contributed by atoms with E-state index >= 15 is 0 Å². The number of hydrogen-bond acceptors (Lipinski definition) is 2. The summed E-state index contributed by atoms with van der Waals surface area (Å²) in [6.45, 7) is 0.692. The zero-order valence-corrected chi connectivity index (χ0v) is 14.6. The fourth-order valence-corrected chi connectivity index (χ4v) is 3.07. The molecule has 0 amide bonds. The molecule has 4 nitrogen and oxygen atoms in total. The van der Waals surface area contributed by atoms with Crippen molar-refractivity contribution in [3.63, 3.8) is 0 Å². The van der Waals surface area contributed by atoms with Gasteiger partial charge < -0.3 is 15.8 Å². The summed E-state index contributed by atoms with van der Waals surface area (Å²) in [5, 5.41) is 3.12. The number of halogens is 1. The summed E-state index contributed by atoms with van der Waals surface area (Å²) in [7, 11) is 1.64. The number of hydrogen-bond donors (Lipinski definition) is 2. The van der Waals surface area contributed by atoms with Crippen LogP contribution in [0.1, 0.15) is 18.4 Å². The van der Waals surface area contributed by atoms with Gasteiger partial charge in [-0.2, -0.15) is 0 Å². The molecule has 2 aromatic carbocycles. The molecule has 5 heteroatoms. The molecular formula is C18H20BrN3O. The highest BCUT2D eigenvalue weighted by Crippen LogP contribution is 2.48. The van der Waals surface area contributed by atoms with E-state index in [4.69, 9.17) is 10.5 Å². The van der Waals surface area contributed by atoms with Crippen LogP contribution in [0.4, 0.5) is 5.69 Å². The zero-order chi connectivity index (χ0) is 16.3. The van der Waals surface area contributed by atoms with Crippen LogP contribution in [0.2, 0.25) is 0 Å². The van der Waals surface area contributed by atoms with E-state index in [9.17, 15) is 0 Å². The lowest BCUT2D eigenvalue weighted by Gasteiger charge is -2.15. The maximum Gasteiger partial charge on any atom is 0.193 e. The average molecular weight is 374 g/mol. The van der Waals surface area contributed by atoms with Crippen LogP contribution in [-0.4, -0.2) is 19.6 Å². The van der Waals surface area contributed by atoms with Crippen LogP contribution in [0.25, 0.3) is 0 Å². The number of methoxy groups -OCH3 is 1. The fraction of sp³-hybridized carbons (Fsp3) is 0.278. The van der Waals surface area contributed by atoms with E-state index < -0.39 is 0 Å². The lowest BCUT2D eigenvalue weighted by atomic mass is 9.96. The Morgan fingerprint density at radius 2 is 2.04 bits per heavy atom. The number of benzene rings is 2. The molecule has 0 radical (unpaired) electrons. The summed E-state index contributed by atoms with van der Waals surface area (Å²) in [5.74, 6) is 1.16. The quantitative estimate of drug-likeness (QED) is 0.616. The Kier molecular flexibility index (Phi) is 4.57. The number of nitrogens with one attached hydrogen (secondary N) is 1. The Hall–Kier alpha value is -2.01. The van der Waals surface area contributed by atoms with Crippen LogP contribution in [0.5, 0.6) is 5.75 Å². The van der Waals surface area contributed by atoms with Gasteiger partial charge in [0.15, 0.2) is 5.96 Å². The fourth-order valence-electron chi connectivity index (χ4n) is 2.67. The second-order valence-corrected chi connectivity index (χ2v) is 6.73. The van der Waals surface area contributed by atoms with Gasteiger partial charge in [-0.3, -0.25) is 4.99 Å². The Morgan fingerprint density at radius 3 is 2.74 bits per heavy atom. The third-order valence-electron chi connectivity index (χ3n) is 4.21. The summed E-state index contributed by atoms with van der Waals surface area (Å²) in [4.78, 5) is 4.55. The average Bonchev–Trinajstić information content (AvgIpc) is 3.35. The first kappa shape index (κ1) is 15.9. The molecule has 0 aliphatic heterocycles. The summed E-state index contributed by atoms with van der Waals surface area (Å²) in [6.07, 6.45) is 2.30. The molecule has 0 bridgehead atoms. The normalized spacial score (nSPS) is 16.0. The molecule has 1 saturated carbocycles. The van der Waals surface area contributed by atoms with E-state index in [2.05, 4.69) is 44.4 Å². The number of ether oxygens (including phenoxy) is 1. The van der Waals surface area contributed by atoms with Crippen LogP contribution in [-0.2, 0) is 5.41 Å².